The van der Waals surface area contributed by atoms with Gasteiger partial charge in [-0.25, -0.2) is 4.39 Å². The molecule has 2 aromatic carbocycles. The molecule has 0 radical (unpaired) electrons. The predicted octanol–water partition coefficient (Wildman–Crippen LogP) is 3.36. The Morgan fingerprint density at radius 3 is 2.64 bits per heavy atom. The molecule has 0 spiro atoms. The van der Waals surface area contributed by atoms with Gasteiger partial charge in [-0.05, 0) is 59.1 Å². The summed E-state index contributed by atoms with van der Waals surface area (Å²) < 4.78 is 13.7. The zero-order valence-corrected chi connectivity index (χ0v) is 12.7. The van der Waals surface area contributed by atoms with Crippen molar-refractivity contribution < 1.29 is 14.6 Å². The molecule has 0 aliphatic heterocycles. The van der Waals surface area contributed by atoms with E-state index in [1.807, 2.05) is 18.2 Å². The van der Waals surface area contributed by atoms with Crippen LogP contribution in [0.1, 0.15) is 47.4 Å². The topological polar surface area (TPSA) is 40.5 Å². The normalized spacial score (nSPS) is 21.6. The van der Waals surface area contributed by atoms with E-state index in [9.17, 15) is 14.6 Å². The van der Waals surface area contributed by atoms with Gasteiger partial charge in [-0.2, -0.15) is 0 Å². The zero-order valence-electron chi connectivity index (χ0n) is 12.7. The van der Waals surface area contributed by atoms with Crippen LogP contribution in [-0.2, 0) is 6.42 Å². The number of benzene rings is 2. The highest BCUT2D eigenvalue weighted by molar-refractivity contribution is 5.45. The number of aliphatic hydroxyl groups is 2. The SMILES string of the molecule is C[C@H]1c2cc(F)ccc2Cc2ccccc2[C@H]1C[C@@H](O)CO. The van der Waals surface area contributed by atoms with E-state index < -0.39 is 6.10 Å². The standard InChI is InChI=1S/C19H21FO2/c1-12-18-9-15(20)7-6-14(18)8-13-4-2-3-5-17(13)19(12)10-16(22)11-21/h2-7,9,12,16,19,21-22H,8,10-11H2,1H3/t12-,16+,19-/m0/s1. The Morgan fingerprint density at radius 2 is 1.86 bits per heavy atom. The third-order valence-corrected chi connectivity index (χ3v) is 4.77. The molecule has 1 aliphatic rings. The number of rotatable bonds is 3. The van der Waals surface area contributed by atoms with Gasteiger partial charge in [0.1, 0.15) is 5.82 Å². The van der Waals surface area contributed by atoms with E-state index in [0.29, 0.717) is 6.42 Å². The summed E-state index contributed by atoms with van der Waals surface area (Å²) in [4.78, 5) is 0. The maximum Gasteiger partial charge on any atom is 0.123 e. The van der Waals surface area contributed by atoms with E-state index in [4.69, 9.17) is 0 Å². The van der Waals surface area contributed by atoms with Crippen molar-refractivity contribution in [3.63, 3.8) is 0 Å². The first-order chi connectivity index (χ1) is 10.6. The minimum absolute atomic E-state index is 0.0707. The van der Waals surface area contributed by atoms with E-state index in [-0.39, 0.29) is 24.3 Å². The van der Waals surface area contributed by atoms with Crippen LogP contribution in [0.4, 0.5) is 4.39 Å². The van der Waals surface area contributed by atoms with Gasteiger partial charge in [-0.3, -0.25) is 0 Å². The largest absolute Gasteiger partial charge is 0.394 e. The van der Waals surface area contributed by atoms with Gasteiger partial charge >= 0.3 is 0 Å². The van der Waals surface area contributed by atoms with Crippen LogP contribution in [-0.4, -0.2) is 22.9 Å². The molecule has 0 saturated carbocycles. The average molecular weight is 300 g/mol. The fourth-order valence-corrected chi connectivity index (χ4v) is 3.60. The number of hydrogen-bond donors (Lipinski definition) is 2. The van der Waals surface area contributed by atoms with Crippen LogP contribution in [0, 0.1) is 5.82 Å². The lowest BCUT2D eigenvalue weighted by atomic mass is 9.79. The van der Waals surface area contributed by atoms with Crippen LogP contribution in [0.2, 0.25) is 0 Å². The molecule has 0 heterocycles. The Hall–Kier alpha value is -1.71. The highest BCUT2D eigenvalue weighted by Crippen LogP contribution is 2.42. The lowest BCUT2D eigenvalue weighted by Crippen LogP contribution is -2.20. The highest BCUT2D eigenvalue weighted by atomic mass is 19.1. The second-order valence-corrected chi connectivity index (χ2v) is 6.19. The Balaban J connectivity index is 2.11. The first-order valence-electron chi connectivity index (χ1n) is 7.75. The van der Waals surface area contributed by atoms with Gasteiger partial charge in [0.25, 0.3) is 0 Å². The number of fused-ring (bicyclic) bond motifs is 2. The second kappa shape index (κ2) is 6.19. The molecule has 0 fully saturated rings. The second-order valence-electron chi connectivity index (χ2n) is 6.19. The molecular formula is C19H21FO2. The van der Waals surface area contributed by atoms with Gasteiger partial charge in [0.2, 0.25) is 0 Å². The summed E-state index contributed by atoms with van der Waals surface area (Å²) in [6, 6.07) is 13.2. The van der Waals surface area contributed by atoms with Crippen molar-refractivity contribution in [2.75, 3.05) is 6.61 Å². The first-order valence-corrected chi connectivity index (χ1v) is 7.75. The Labute approximate surface area is 130 Å². The molecule has 0 saturated heterocycles. The quantitative estimate of drug-likeness (QED) is 0.912. The maximum absolute atomic E-state index is 13.7. The lowest BCUT2D eigenvalue weighted by molar-refractivity contribution is 0.0801. The summed E-state index contributed by atoms with van der Waals surface area (Å²) in [6.07, 6.45) is 0.502. The first kappa shape index (κ1) is 15.2. The predicted molar refractivity (Wildman–Crippen MR) is 84.5 cm³/mol. The van der Waals surface area contributed by atoms with Crippen LogP contribution in [0.5, 0.6) is 0 Å². The summed E-state index contributed by atoms with van der Waals surface area (Å²) in [5.41, 5.74) is 4.56. The molecule has 116 valence electrons. The smallest absolute Gasteiger partial charge is 0.123 e. The van der Waals surface area contributed by atoms with E-state index >= 15 is 0 Å². The number of aliphatic hydroxyl groups excluding tert-OH is 2. The molecule has 2 N–H and O–H groups in total. The van der Waals surface area contributed by atoms with Crippen molar-refractivity contribution in [2.24, 2.45) is 0 Å². The fourth-order valence-electron chi connectivity index (χ4n) is 3.60. The number of halogens is 1. The Bertz CT molecular complexity index is 668. The van der Waals surface area contributed by atoms with Crippen LogP contribution in [0.3, 0.4) is 0 Å². The minimum Gasteiger partial charge on any atom is -0.394 e. The van der Waals surface area contributed by atoms with Gasteiger partial charge in [-0.1, -0.05) is 37.3 Å². The van der Waals surface area contributed by atoms with Crippen molar-refractivity contribution in [1.82, 2.24) is 0 Å². The average Bonchev–Trinajstić information content (AvgIpc) is 2.64. The minimum atomic E-state index is -0.754. The van der Waals surface area contributed by atoms with Gasteiger partial charge in [0, 0.05) is 0 Å². The molecule has 2 nitrogen and oxygen atoms in total. The summed E-state index contributed by atoms with van der Waals surface area (Å²) in [5.74, 6) is -0.0602. The van der Waals surface area contributed by atoms with Gasteiger partial charge < -0.3 is 10.2 Å². The van der Waals surface area contributed by atoms with Crippen LogP contribution in [0.15, 0.2) is 42.5 Å². The molecular weight excluding hydrogens is 279 g/mol. The van der Waals surface area contributed by atoms with Gasteiger partial charge in [0.15, 0.2) is 0 Å². The van der Waals surface area contributed by atoms with E-state index in [2.05, 4.69) is 19.1 Å². The third kappa shape index (κ3) is 2.79. The maximum atomic E-state index is 13.7. The summed E-state index contributed by atoms with van der Waals surface area (Å²) in [7, 11) is 0. The molecule has 3 atom stereocenters. The van der Waals surface area contributed by atoms with Gasteiger partial charge in [-0.15, -0.1) is 0 Å². The third-order valence-electron chi connectivity index (χ3n) is 4.77. The highest BCUT2D eigenvalue weighted by Gasteiger charge is 2.30. The molecule has 2 aromatic rings. The molecule has 1 aliphatic carbocycles. The molecule has 0 unspecified atom stereocenters. The molecule has 3 heteroatoms. The van der Waals surface area contributed by atoms with Crippen LogP contribution in [0.25, 0.3) is 0 Å². The van der Waals surface area contributed by atoms with Crippen molar-refractivity contribution >= 4 is 0 Å². The molecule has 0 aromatic heterocycles. The Kier molecular flexibility index (Phi) is 4.27. The van der Waals surface area contributed by atoms with Crippen molar-refractivity contribution in [1.29, 1.82) is 0 Å². The van der Waals surface area contributed by atoms with Crippen molar-refractivity contribution in [3.8, 4) is 0 Å². The van der Waals surface area contributed by atoms with E-state index in [1.165, 1.54) is 17.2 Å². The van der Waals surface area contributed by atoms with Gasteiger partial charge in [0.05, 0.1) is 12.7 Å². The summed E-state index contributed by atoms with van der Waals surface area (Å²) in [6.45, 7) is 1.83. The van der Waals surface area contributed by atoms with E-state index in [0.717, 1.165) is 17.5 Å². The summed E-state index contributed by atoms with van der Waals surface area (Å²) in [5, 5.41) is 19.1. The zero-order chi connectivity index (χ0) is 15.7. The van der Waals surface area contributed by atoms with E-state index in [1.54, 1.807) is 6.07 Å². The molecule has 0 amide bonds. The molecule has 3 rings (SSSR count). The Morgan fingerprint density at radius 1 is 1.14 bits per heavy atom. The van der Waals surface area contributed by atoms with Crippen LogP contribution < -0.4 is 0 Å². The molecule has 22 heavy (non-hydrogen) atoms. The fraction of sp³-hybridized carbons (Fsp3) is 0.368. The van der Waals surface area contributed by atoms with Crippen LogP contribution >= 0.6 is 0 Å². The van der Waals surface area contributed by atoms with Crippen molar-refractivity contribution in [3.05, 3.63) is 70.5 Å². The lowest BCUT2D eigenvalue weighted by Gasteiger charge is -2.26. The van der Waals surface area contributed by atoms with Crippen molar-refractivity contribution in [2.45, 2.75) is 37.7 Å². The number of hydrogen-bond acceptors (Lipinski definition) is 2. The summed E-state index contributed by atoms with van der Waals surface area (Å²) >= 11 is 0. The molecule has 0 bridgehead atoms. The monoisotopic (exact) mass is 300 g/mol.